The number of ether oxygens (including phenoxy) is 2. The Bertz CT molecular complexity index is 699. The fourth-order valence-electron chi connectivity index (χ4n) is 2.64. The van der Waals surface area contributed by atoms with E-state index in [9.17, 15) is 13.2 Å². The van der Waals surface area contributed by atoms with E-state index in [1.54, 1.807) is 19.1 Å². The fraction of sp³-hybridized carbons (Fsp3) is 0.533. The molecule has 9 heteroatoms. The van der Waals surface area contributed by atoms with Gasteiger partial charge in [-0.2, -0.15) is 4.31 Å². The molecule has 0 radical (unpaired) electrons. The van der Waals surface area contributed by atoms with Crippen molar-refractivity contribution in [2.75, 3.05) is 40.4 Å². The Morgan fingerprint density at radius 3 is 2.29 bits per heavy atom. The molecule has 1 heterocycles. The number of nitrogens with zero attached hydrogens (tertiary/aromatic N) is 2. The smallest absolute Gasteiger partial charge is 0.246 e. The van der Waals surface area contributed by atoms with Gasteiger partial charge in [0.1, 0.15) is 16.4 Å². The van der Waals surface area contributed by atoms with Crippen molar-refractivity contribution in [3.63, 3.8) is 0 Å². The van der Waals surface area contributed by atoms with Crippen LogP contribution < -0.4 is 15.2 Å². The maximum atomic E-state index is 12.9. The van der Waals surface area contributed by atoms with Gasteiger partial charge >= 0.3 is 0 Å². The highest BCUT2D eigenvalue weighted by Crippen LogP contribution is 2.31. The third-order valence-electron chi connectivity index (χ3n) is 4.22. The minimum absolute atomic E-state index is 0.0701. The number of piperazine rings is 1. The van der Waals surface area contributed by atoms with Crippen molar-refractivity contribution < 1.29 is 22.7 Å². The van der Waals surface area contributed by atoms with Crippen LogP contribution in [0.3, 0.4) is 0 Å². The first-order valence-electron chi connectivity index (χ1n) is 7.56. The number of hydrogen-bond donors (Lipinski definition) is 1. The van der Waals surface area contributed by atoms with Crippen LogP contribution in [0.4, 0.5) is 0 Å². The van der Waals surface area contributed by atoms with Crippen LogP contribution in [-0.4, -0.2) is 70.0 Å². The van der Waals surface area contributed by atoms with Crippen LogP contribution in [0.15, 0.2) is 23.1 Å². The van der Waals surface area contributed by atoms with Gasteiger partial charge in [0, 0.05) is 32.2 Å². The predicted octanol–water partition coefficient (Wildman–Crippen LogP) is -0.116. The molecule has 2 rings (SSSR count). The first-order valence-corrected chi connectivity index (χ1v) is 9.00. The lowest BCUT2D eigenvalue weighted by Gasteiger charge is -2.36. The van der Waals surface area contributed by atoms with Crippen molar-refractivity contribution in [1.82, 2.24) is 9.21 Å². The van der Waals surface area contributed by atoms with E-state index in [4.69, 9.17) is 15.2 Å². The summed E-state index contributed by atoms with van der Waals surface area (Å²) in [5.41, 5.74) is 5.31. The Kier molecular flexibility index (Phi) is 5.68. The van der Waals surface area contributed by atoms with Crippen molar-refractivity contribution in [2.45, 2.75) is 17.9 Å². The molecule has 8 nitrogen and oxygen atoms in total. The largest absolute Gasteiger partial charge is 0.497 e. The van der Waals surface area contributed by atoms with Gasteiger partial charge in [0.25, 0.3) is 0 Å². The summed E-state index contributed by atoms with van der Waals surface area (Å²) in [6, 6.07) is 4.25. The van der Waals surface area contributed by atoms with E-state index >= 15 is 0 Å². The molecular formula is C15H23N3O5S. The maximum Gasteiger partial charge on any atom is 0.246 e. The van der Waals surface area contributed by atoms with E-state index in [-0.39, 0.29) is 23.7 Å². The summed E-state index contributed by atoms with van der Waals surface area (Å²) in [6.45, 7) is 3.16. The number of sulfonamides is 1. The average molecular weight is 357 g/mol. The minimum atomic E-state index is -3.72. The van der Waals surface area contributed by atoms with Crippen LogP contribution in [0.25, 0.3) is 0 Å². The standard InChI is InChI=1S/C15H23N3O5S/c1-11(15(16)19)17-6-8-18(9-7-17)24(20,21)14-10-12(22-2)4-5-13(14)23-3/h4-5,10-11H,6-9H2,1-3H3,(H2,16,19)/t11-/m1/s1. The lowest BCUT2D eigenvalue weighted by molar-refractivity contribution is -0.123. The second kappa shape index (κ2) is 7.37. The molecule has 1 amide bonds. The normalized spacial score (nSPS) is 18.1. The summed E-state index contributed by atoms with van der Waals surface area (Å²) < 4.78 is 37.5. The number of carbonyl (C=O) groups excluding carboxylic acids is 1. The second-order valence-corrected chi connectivity index (χ2v) is 7.44. The van der Waals surface area contributed by atoms with Crippen molar-refractivity contribution in [2.24, 2.45) is 5.73 Å². The number of hydrogen-bond acceptors (Lipinski definition) is 6. The summed E-state index contributed by atoms with van der Waals surface area (Å²) in [5, 5.41) is 0. The number of rotatable bonds is 6. The number of primary amides is 1. The van der Waals surface area contributed by atoms with E-state index in [2.05, 4.69) is 0 Å². The molecule has 0 bridgehead atoms. The van der Waals surface area contributed by atoms with Gasteiger partial charge in [-0.1, -0.05) is 0 Å². The molecule has 0 aromatic heterocycles. The lowest BCUT2D eigenvalue weighted by atomic mass is 10.2. The highest BCUT2D eigenvalue weighted by Gasteiger charge is 2.33. The first kappa shape index (κ1) is 18.5. The number of carbonyl (C=O) groups is 1. The van der Waals surface area contributed by atoms with Crippen LogP contribution in [-0.2, 0) is 14.8 Å². The molecule has 0 saturated carbocycles. The second-order valence-electron chi connectivity index (χ2n) is 5.54. The van der Waals surface area contributed by atoms with Crippen molar-refractivity contribution >= 4 is 15.9 Å². The molecule has 1 atom stereocenters. The molecule has 1 saturated heterocycles. The Hall–Kier alpha value is -1.84. The summed E-state index contributed by atoms with van der Waals surface area (Å²) in [6.07, 6.45) is 0. The predicted molar refractivity (Wildman–Crippen MR) is 88.5 cm³/mol. The number of amides is 1. The molecule has 0 spiro atoms. The van der Waals surface area contributed by atoms with Gasteiger partial charge in [0.15, 0.2) is 0 Å². The highest BCUT2D eigenvalue weighted by atomic mass is 32.2. The molecule has 1 aliphatic heterocycles. The monoisotopic (exact) mass is 357 g/mol. The van der Waals surface area contributed by atoms with Gasteiger partial charge in [0.05, 0.1) is 20.3 Å². The molecule has 2 N–H and O–H groups in total. The van der Waals surface area contributed by atoms with Gasteiger partial charge < -0.3 is 15.2 Å². The van der Waals surface area contributed by atoms with Gasteiger partial charge in [-0.3, -0.25) is 9.69 Å². The van der Waals surface area contributed by atoms with Gasteiger partial charge in [0.2, 0.25) is 15.9 Å². The minimum Gasteiger partial charge on any atom is -0.497 e. The zero-order valence-corrected chi connectivity index (χ0v) is 14.9. The van der Waals surface area contributed by atoms with Crippen LogP contribution in [0.5, 0.6) is 11.5 Å². The molecule has 1 aliphatic rings. The summed E-state index contributed by atoms with van der Waals surface area (Å²) >= 11 is 0. The fourth-order valence-corrected chi connectivity index (χ4v) is 4.23. The Morgan fingerprint density at radius 2 is 1.79 bits per heavy atom. The van der Waals surface area contributed by atoms with Crippen molar-refractivity contribution in [1.29, 1.82) is 0 Å². The zero-order valence-electron chi connectivity index (χ0n) is 14.1. The average Bonchev–Trinajstić information content (AvgIpc) is 2.60. The van der Waals surface area contributed by atoms with Crippen LogP contribution in [0.1, 0.15) is 6.92 Å². The zero-order chi connectivity index (χ0) is 17.9. The number of benzene rings is 1. The van der Waals surface area contributed by atoms with E-state index in [1.807, 2.05) is 4.90 Å². The molecule has 0 aliphatic carbocycles. The molecule has 134 valence electrons. The molecule has 0 unspecified atom stereocenters. The van der Waals surface area contributed by atoms with Gasteiger partial charge in [-0.05, 0) is 19.1 Å². The molecule has 24 heavy (non-hydrogen) atoms. The summed E-state index contributed by atoms with van der Waals surface area (Å²) in [4.78, 5) is 13.2. The van der Waals surface area contributed by atoms with Gasteiger partial charge in [-0.25, -0.2) is 8.42 Å². The first-order chi connectivity index (χ1) is 11.3. The lowest BCUT2D eigenvalue weighted by Crippen LogP contribution is -2.54. The quantitative estimate of drug-likeness (QED) is 0.762. The van der Waals surface area contributed by atoms with E-state index in [1.165, 1.54) is 24.6 Å². The van der Waals surface area contributed by atoms with Crippen LogP contribution in [0.2, 0.25) is 0 Å². The summed E-state index contributed by atoms with van der Waals surface area (Å²) in [5.74, 6) is 0.292. The molecule has 1 fully saturated rings. The maximum absolute atomic E-state index is 12.9. The Labute approximate surface area is 142 Å². The molecule has 1 aromatic carbocycles. The highest BCUT2D eigenvalue weighted by molar-refractivity contribution is 7.89. The Balaban J connectivity index is 2.22. The van der Waals surface area contributed by atoms with E-state index in [0.29, 0.717) is 18.8 Å². The number of methoxy groups -OCH3 is 2. The third-order valence-corrected chi connectivity index (χ3v) is 6.14. The Morgan fingerprint density at radius 1 is 1.17 bits per heavy atom. The van der Waals surface area contributed by atoms with Gasteiger partial charge in [-0.15, -0.1) is 0 Å². The van der Waals surface area contributed by atoms with E-state index < -0.39 is 22.0 Å². The topological polar surface area (TPSA) is 102 Å². The SMILES string of the molecule is COc1ccc(OC)c(S(=O)(=O)N2CCN([C@H](C)C(N)=O)CC2)c1. The molecule has 1 aromatic rings. The molecular weight excluding hydrogens is 334 g/mol. The number of nitrogens with two attached hydrogens (primary N) is 1. The van der Waals surface area contributed by atoms with Crippen LogP contribution >= 0.6 is 0 Å². The van der Waals surface area contributed by atoms with Crippen molar-refractivity contribution in [3.8, 4) is 11.5 Å². The third kappa shape index (κ3) is 3.63. The van der Waals surface area contributed by atoms with Crippen molar-refractivity contribution in [3.05, 3.63) is 18.2 Å². The summed E-state index contributed by atoms with van der Waals surface area (Å²) in [7, 11) is -0.823. The van der Waals surface area contributed by atoms with E-state index in [0.717, 1.165) is 0 Å². The van der Waals surface area contributed by atoms with Crippen LogP contribution in [0, 0.1) is 0 Å².